The molecule has 0 aromatic heterocycles. The normalized spacial score (nSPS) is 13.4. The lowest BCUT2D eigenvalue weighted by Crippen LogP contribution is -2.37. The van der Waals surface area contributed by atoms with Gasteiger partial charge in [-0.25, -0.2) is 0 Å². The Labute approximate surface area is 181 Å². The maximum absolute atomic E-state index is 11.8. The van der Waals surface area contributed by atoms with Gasteiger partial charge in [0.05, 0.1) is 18.2 Å². The number of nitrogens with zero attached hydrogens (tertiary/aromatic N) is 1. The summed E-state index contributed by atoms with van der Waals surface area (Å²) >= 11 is 6.36. The lowest BCUT2D eigenvalue weighted by atomic mass is 10.1. The molecule has 0 spiro atoms. The Morgan fingerprint density at radius 1 is 1.13 bits per heavy atom. The number of benzene rings is 2. The van der Waals surface area contributed by atoms with Gasteiger partial charge in [-0.2, -0.15) is 0 Å². The number of nitrogens with one attached hydrogen (secondary N) is 3. The fourth-order valence-electron chi connectivity index (χ4n) is 3.13. The summed E-state index contributed by atoms with van der Waals surface area (Å²) < 4.78 is 11.4. The SMILES string of the molecule is CN=C(NCCc1cccc(C(=O)NC)c1)NCc1cc(Cl)c2c(c1)OCCCO2. The van der Waals surface area contributed by atoms with Gasteiger partial charge in [-0.1, -0.05) is 23.7 Å². The van der Waals surface area contributed by atoms with Crippen molar-refractivity contribution < 1.29 is 14.3 Å². The van der Waals surface area contributed by atoms with E-state index in [0.717, 1.165) is 24.0 Å². The van der Waals surface area contributed by atoms with Crippen LogP contribution in [0.15, 0.2) is 41.4 Å². The van der Waals surface area contributed by atoms with Crippen LogP contribution in [-0.2, 0) is 13.0 Å². The van der Waals surface area contributed by atoms with Gasteiger partial charge in [-0.05, 0) is 41.8 Å². The molecule has 0 aliphatic carbocycles. The third kappa shape index (κ3) is 5.79. The number of aliphatic imine (C=N–C) groups is 1. The van der Waals surface area contributed by atoms with Crippen molar-refractivity contribution >= 4 is 23.5 Å². The van der Waals surface area contributed by atoms with Crippen LogP contribution in [0.2, 0.25) is 5.02 Å². The number of guanidine groups is 1. The Kier molecular flexibility index (Phi) is 7.79. The zero-order valence-electron chi connectivity index (χ0n) is 17.3. The number of hydrogen-bond acceptors (Lipinski definition) is 4. The monoisotopic (exact) mass is 430 g/mol. The molecule has 0 atom stereocenters. The Morgan fingerprint density at radius 3 is 2.77 bits per heavy atom. The maximum Gasteiger partial charge on any atom is 0.251 e. The van der Waals surface area contributed by atoms with Gasteiger partial charge in [-0.3, -0.25) is 9.79 Å². The Morgan fingerprint density at radius 2 is 1.97 bits per heavy atom. The quantitative estimate of drug-likeness (QED) is 0.485. The molecule has 0 radical (unpaired) electrons. The van der Waals surface area contributed by atoms with Crippen molar-refractivity contribution in [3.8, 4) is 11.5 Å². The summed E-state index contributed by atoms with van der Waals surface area (Å²) in [7, 11) is 3.35. The smallest absolute Gasteiger partial charge is 0.251 e. The minimum absolute atomic E-state index is 0.0870. The highest BCUT2D eigenvalue weighted by Crippen LogP contribution is 2.37. The van der Waals surface area contributed by atoms with Gasteiger partial charge in [0.25, 0.3) is 5.91 Å². The minimum Gasteiger partial charge on any atom is -0.489 e. The van der Waals surface area contributed by atoms with Gasteiger partial charge in [0.2, 0.25) is 0 Å². The molecule has 2 aromatic carbocycles. The zero-order chi connectivity index (χ0) is 21.3. The summed E-state index contributed by atoms with van der Waals surface area (Å²) in [5.74, 6) is 1.88. The second-order valence-corrected chi connectivity index (χ2v) is 7.24. The fourth-order valence-corrected chi connectivity index (χ4v) is 3.42. The topological polar surface area (TPSA) is 84.0 Å². The average Bonchev–Trinajstić information content (AvgIpc) is 3.01. The second-order valence-electron chi connectivity index (χ2n) is 6.84. The molecule has 1 heterocycles. The van der Waals surface area contributed by atoms with E-state index in [2.05, 4.69) is 20.9 Å². The van der Waals surface area contributed by atoms with Crippen LogP contribution in [0.4, 0.5) is 0 Å². The first-order valence-electron chi connectivity index (χ1n) is 9.94. The van der Waals surface area contributed by atoms with Gasteiger partial charge in [-0.15, -0.1) is 0 Å². The van der Waals surface area contributed by atoms with E-state index < -0.39 is 0 Å². The molecule has 160 valence electrons. The highest BCUT2D eigenvalue weighted by atomic mass is 35.5. The molecule has 30 heavy (non-hydrogen) atoms. The Balaban J connectivity index is 1.53. The molecule has 1 aliphatic heterocycles. The molecular weight excluding hydrogens is 404 g/mol. The maximum atomic E-state index is 11.8. The molecule has 7 nitrogen and oxygen atoms in total. The predicted molar refractivity (Wildman–Crippen MR) is 119 cm³/mol. The van der Waals surface area contributed by atoms with E-state index in [0.29, 0.717) is 54.3 Å². The molecule has 0 saturated carbocycles. The number of halogens is 1. The van der Waals surface area contributed by atoms with Crippen molar-refractivity contribution in [1.29, 1.82) is 0 Å². The molecule has 3 N–H and O–H groups in total. The van der Waals surface area contributed by atoms with Crippen LogP contribution in [-0.4, -0.2) is 45.7 Å². The fraction of sp³-hybridized carbons (Fsp3) is 0.364. The number of ether oxygens (including phenoxy) is 2. The van der Waals surface area contributed by atoms with E-state index >= 15 is 0 Å². The second kappa shape index (κ2) is 10.7. The highest BCUT2D eigenvalue weighted by Gasteiger charge is 2.15. The van der Waals surface area contributed by atoms with Crippen LogP contribution in [0, 0.1) is 0 Å². The molecule has 1 amide bonds. The number of hydrogen-bond donors (Lipinski definition) is 3. The largest absolute Gasteiger partial charge is 0.489 e. The van der Waals surface area contributed by atoms with Crippen LogP contribution in [0.5, 0.6) is 11.5 Å². The van der Waals surface area contributed by atoms with Crippen LogP contribution in [0.3, 0.4) is 0 Å². The van der Waals surface area contributed by atoms with Gasteiger partial charge in [0, 0.05) is 39.2 Å². The standard InChI is InChI=1S/C22H27ClN4O3/c1-24-21(28)17-6-3-5-15(11-17)7-8-26-22(25-2)27-14-16-12-18(23)20-19(13-16)29-9-4-10-30-20/h3,5-6,11-13H,4,7-10,14H2,1-2H3,(H,24,28)(H2,25,26,27). The molecule has 8 heteroatoms. The molecule has 0 fully saturated rings. The first-order valence-corrected chi connectivity index (χ1v) is 10.3. The van der Waals surface area contributed by atoms with Crippen LogP contribution < -0.4 is 25.4 Å². The number of rotatable bonds is 6. The first kappa shape index (κ1) is 21.8. The van der Waals surface area contributed by atoms with E-state index in [1.807, 2.05) is 30.3 Å². The number of amides is 1. The van der Waals surface area contributed by atoms with E-state index in [4.69, 9.17) is 21.1 Å². The lowest BCUT2D eigenvalue weighted by molar-refractivity contribution is 0.0963. The first-order chi connectivity index (χ1) is 14.6. The average molecular weight is 431 g/mol. The predicted octanol–water partition coefficient (Wildman–Crippen LogP) is 2.77. The lowest BCUT2D eigenvalue weighted by Gasteiger charge is -2.14. The Hall–Kier alpha value is -2.93. The van der Waals surface area contributed by atoms with Gasteiger partial charge in [0.1, 0.15) is 0 Å². The number of carbonyl (C=O) groups is 1. The molecule has 3 rings (SSSR count). The van der Waals surface area contributed by atoms with Crippen molar-refractivity contribution in [2.75, 3.05) is 33.9 Å². The van der Waals surface area contributed by atoms with Crippen LogP contribution in [0.1, 0.15) is 27.9 Å². The molecule has 0 saturated heterocycles. The van der Waals surface area contributed by atoms with E-state index in [1.165, 1.54) is 0 Å². The van der Waals surface area contributed by atoms with Gasteiger partial charge < -0.3 is 25.4 Å². The summed E-state index contributed by atoms with van der Waals surface area (Å²) in [6.07, 6.45) is 1.60. The molecular formula is C22H27ClN4O3. The molecule has 0 unspecified atom stereocenters. The third-order valence-electron chi connectivity index (χ3n) is 4.67. The Bertz CT molecular complexity index is 917. The summed E-state index contributed by atoms with van der Waals surface area (Å²) in [6.45, 7) is 2.44. The highest BCUT2D eigenvalue weighted by molar-refractivity contribution is 6.32. The van der Waals surface area contributed by atoms with Crippen LogP contribution >= 0.6 is 11.6 Å². The molecule has 1 aliphatic rings. The minimum atomic E-state index is -0.0870. The van der Waals surface area contributed by atoms with E-state index in [1.54, 1.807) is 20.2 Å². The molecule has 2 aromatic rings. The third-order valence-corrected chi connectivity index (χ3v) is 4.95. The van der Waals surface area contributed by atoms with Crippen molar-refractivity contribution in [3.05, 3.63) is 58.1 Å². The van der Waals surface area contributed by atoms with Crippen molar-refractivity contribution in [2.45, 2.75) is 19.4 Å². The zero-order valence-corrected chi connectivity index (χ0v) is 18.0. The van der Waals surface area contributed by atoms with Gasteiger partial charge in [0.15, 0.2) is 17.5 Å². The van der Waals surface area contributed by atoms with Crippen LogP contribution in [0.25, 0.3) is 0 Å². The van der Waals surface area contributed by atoms with Crippen molar-refractivity contribution in [1.82, 2.24) is 16.0 Å². The van der Waals surface area contributed by atoms with Crippen molar-refractivity contribution in [2.24, 2.45) is 4.99 Å². The van der Waals surface area contributed by atoms with Crippen molar-refractivity contribution in [3.63, 3.8) is 0 Å². The molecule has 0 bridgehead atoms. The summed E-state index contributed by atoms with van der Waals surface area (Å²) in [5, 5.41) is 9.75. The summed E-state index contributed by atoms with van der Waals surface area (Å²) in [5.41, 5.74) is 2.71. The van der Waals surface area contributed by atoms with Gasteiger partial charge >= 0.3 is 0 Å². The number of carbonyl (C=O) groups excluding carboxylic acids is 1. The summed E-state index contributed by atoms with van der Waals surface area (Å²) in [4.78, 5) is 16.0. The number of fused-ring (bicyclic) bond motifs is 1. The van der Waals surface area contributed by atoms with E-state index in [9.17, 15) is 4.79 Å². The van der Waals surface area contributed by atoms with E-state index in [-0.39, 0.29) is 5.91 Å². The summed E-state index contributed by atoms with van der Waals surface area (Å²) in [6, 6.07) is 11.4.